The number of hydrogen-bond donors (Lipinski definition) is 1. The van der Waals surface area contributed by atoms with Crippen LogP contribution in [0.4, 0.5) is 5.00 Å². The number of thiophene rings is 1. The largest absolute Gasteiger partial charge is 0.465 e. The van der Waals surface area contributed by atoms with Gasteiger partial charge in [0, 0.05) is 4.88 Å². The van der Waals surface area contributed by atoms with E-state index >= 15 is 0 Å². The average Bonchev–Trinajstić information content (AvgIpc) is 3.36. The molecule has 1 aliphatic carbocycles. The number of aryl methyl sites for hydroxylation is 2. The number of anilines is 1. The highest BCUT2D eigenvalue weighted by Gasteiger charge is 2.27. The maximum Gasteiger partial charge on any atom is 0.341 e. The molecule has 2 heterocycles. The molecule has 0 atom stereocenters. The molecular formula is C20H21N5O3S2. The SMILES string of the molecule is COC(=O)c1c(NC(=O)CSc2nnnn2-c2cccc(C)c2)sc2c1CCCC2. The summed E-state index contributed by atoms with van der Waals surface area (Å²) in [5.74, 6) is -0.502. The molecule has 1 N–H and O–H groups in total. The van der Waals surface area contributed by atoms with Crippen LogP contribution in [-0.2, 0) is 22.4 Å². The number of thioether (sulfide) groups is 1. The molecule has 0 radical (unpaired) electrons. The Morgan fingerprint density at radius 1 is 1.30 bits per heavy atom. The van der Waals surface area contributed by atoms with Crippen molar-refractivity contribution < 1.29 is 14.3 Å². The monoisotopic (exact) mass is 443 g/mol. The fraction of sp³-hybridized carbons (Fsp3) is 0.350. The number of amides is 1. The number of esters is 1. The molecule has 2 aromatic heterocycles. The molecule has 0 aliphatic heterocycles. The maximum absolute atomic E-state index is 12.6. The summed E-state index contributed by atoms with van der Waals surface area (Å²) in [6.45, 7) is 1.99. The van der Waals surface area contributed by atoms with Crippen molar-refractivity contribution in [2.45, 2.75) is 37.8 Å². The second kappa shape index (κ2) is 8.97. The Kier molecular flexibility index (Phi) is 6.14. The predicted octanol–water partition coefficient (Wildman–Crippen LogP) is 3.43. The Morgan fingerprint density at radius 2 is 2.13 bits per heavy atom. The van der Waals surface area contributed by atoms with Gasteiger partial charge in [0.2, 0.25) is 11.1 Å². The zero-order chi connectivity index (χ0) is 21.1. The molecule has 156 valence electrons. The Hall–Kier alpha value is -2.72. The van der Waals surface area contributed by atoms with Gasteiger partial charge >= 0.3 is 5.97 Å². The van der Waals surface area contributed by atoms with E-state index in [1.165, 1.54) is 30.2 Å². The highest BCUT2D eigenvalue weighted by Crippen LogP contribution is 2.38. The number of methoxy groups -OCH3 is 1. The van der Waals surface area contributed by atoms with Crippen LogP contribution in [0, 0.1) is 6.92 Å². The zero-order valence-electron chi connectivity index (χ0n) is 16.7. The van der Waals surface area contributed by atoms with Crippen molar-refractivity contribution in [3.63, 3.8) is 0 Å². The number of tetrazole rings is 1. The lowest BCUT2D eigenvalue weighted by Gasteiger charge is -2.11. The van der Waals surface area contributed by atoms with Gasteiger partial charge in [-0.1, -0.05) is 23.9 Å². The second-order valence-corrected chi connectivity index (χ2v) is 9.00. The summed E-state index contributed by atoms with van der Waals surface area (Å²) in [6, 6.07) is 7.81. The van der Waals surface area contributed by atoms with E-state index in [1.807, 2.05) is 31.2 Å². The van der Waals surface area contributed by atoms with Crippen molar-refractivity contribution >= 4 is 40.0 Å². The van der Waals surface area contributed by atoms with E-state index in [0.717, 1.165) is 47.4 Å². The number of benzene rings is 1. The minimum absolute atomic E-state index is 0.120. The third-order valence-corrected chi connectivity index (χ3v) is 6.96. The van der Waals surface area contributed by atoms with Crippen molar-refractivity contribution in [3.8, 4) is 5.69 Å². The number of fused-ring (bicyclic) bond motifs is 1. The van der Waals surface area contributed by atoms with Gasteiger partial charge in [-0.05, 0) is 66.3 Å². The lowest BCUT2D eigenvalue weighted by Crippen LogP contribution is -2.17. The molecule has 0 bridgehead atoms. The molecule has 3 aromatic rings. The van der Waals surface area contributed by atoms with Gasteiger partial charge in [-0.2, -0.15) is 4.68 Å². The number of hydrogen-bond acceptors (Lipinski definition) is 8. The lowest BCUT2D eigenvalue weighted by atomic mass is 9.95. The number of rotatable bonds is 6. The summed E-state index contributed by atoms with van der Waals surface area (Å²) in [7, 11) is 1.36. The Balaban J connectivity index is 1.48. The highest BCUT2D eigenvalue weighted by molar-refractivity contribution is 7.99. The molecule has 0 saturated carbocycles. The van der Waals surface area contributed by atoms with E-state index in [2.05, 4.69) is 20.8 Å². The van der Waals surface area contributed by atoms with Gasteiger partial charge in [-0.25, -0.2) is 4.79 Å². The topological polar surface area (TPSA) is 99.0 Å². The van der Waals surface area contributed by atoms with Crippen molar-refractivity contribution in [1.29, 1.82) is 0 Å². The van der Waals surface area contributed by atoms with Crippen LogP contribution in [-0.4, -0.2) is 44.9 Å². The number of ether oxygens (including phenoxy) is 1. The summed E-state index contributed by atoms with van der Waals surface area (Å²) in [6.07, 6.45) is 3.91. The highest BCUT2D eigenvalue weighted by atomic mass is 32.2. The summed E-state index contributed by atoms with van der Waals surface area (Å²) >= 11 is 2.71. The molecule has 8 nitrogen and oxygen atoms in total. The maximum atomic E-state index is 12.6. The summed E-state index contributed by atoms with van der Waals surface area (Å²) in [4.78, 5) is 26.1. The Bertz CT molecular complexity index is 1090. The normalized spacial score (nSPS) is 13.0. The first-order valence-electron chi connectivity index (χ1n) is 9.57. The van der Waals surface area contributed by atoms with Gasteiger partial charge in [0.05, 0.1) is 24.1 Å². The molecule has 0 spiro atoms. The fourth-order valence-corrected chi connectivity index (χ4v) is 5.44. The Morgan fingerprint density at radius 3 is 2.93 bits per heavy atom. The van der Waals surface area contributed by atoms with Crippen molar-refractivity contribution in [3.05, 3.63) is 45.8 Å². The van der Waals surface area contributed by atoms with Crippen LogP contribution < -0.4 is 5.32 Å². The first-order valence-corrected chi connectivity index (χ1v) is 11.4. The molecule has 1 amide bonds. The molecule has 10 heteroatoms. The van der Waals surface area contributed by atoms with Crippen LogP contribution in [0.3, 0.4) is 0 Å². The molecule has 1 aromatic carbocycles. The van der Waals surface area contributed by atoms with Gasteiger partial charge in [0.15, 0.2) is 0 Å². The fourth-order valence-electron chi connectivity index (χ4n) is 3.46. The Labute approximate surface area is 182 Å². The van der Waals surface area contributed by atoms with Crippen LogP contribution in [0.15, 0.2) is 29.4 Å². The summed E-state index contributed by atoms with van der Waals surface area (Å²) in [5, 5.41) is 15.8. The van der Waals surface area contributed by atoms with Gasteiger partial charge < -0.3 is 10.1 Å². The van der Waals surface area contributed by atoms with Crippen molar-refractivity contribution in [2.24, 2.45) is 0 Å². The number of nitrogens with zero attached hydrogens (tertiary/aromatic N) is 4. The molecule has 30 heavy (non-hydrogen) atoms. The smallest absolute Gasteiger partial charge is 0.341 e. The molecular weight excluding hydrogens is 422 g/mol. The number of carbonyl (C=O) groups excluding carboxylic acids is 2. The van der Waals surface area contributed by atoms with E-state index in [9.17, 15) is 9.59 Å². The first kappa shape index (κ1) is 20.5. The number of nitrogens with one attached hydrogen (secondary N) is 1. The minimum atomic E-state index is -0.402. The van der Waals surface area contributed by atoms with Crippen molar-refractivity contribution in [2.75, 3.05) is 18.2 Å². The van der Waals surface area contributed by atoms with E-state index in [0.29, 0.717) is 15.7 Å². The van der Waals surface area contributed by atoms with Crippen LogP contribution >= 0.6 is 23.1 Å². The summed E-state index contributed by atoms with van der Waals surface area (Å²) in [5.41, 5.74) is 3.44. The predicted molar refractivity (Wildman–Crippen MR) is 116 cm³/mol. The lowest BCUT2D eigenvalue weighted by molar-refractivity contribution is -0.113. The molecule has 0 fully saturated rings. The molecule has 1 aliphatic rings. The second-order valence-electron chi connectivity index (χ2n) is 6.96. The van der Waals surface area contributed by atoms with Crippen LogP contribution in [0.25, 0.3) is 5.69 Å². The van der Waals surface area contributed by atoms with Gasteiger partial charge in [0.25, 0.3) is 0 Å². The van der Waals surface area contributed by atoms with E-state index in [-0.39, 0.29) is 11.7 Å². The van der Waals surface area contributed by atoms with Gasteiger partial charge in [-0.15, -0.1) is 16.4 Å². The third kappa shape index (κ3) is 4.24. The standard InChI is InChI=1S/C20H21N5O3S2/c1-12-6-5-7-13(10-12)25-20(22-23-24-25)29-11-16(26)21-18-17(19(27)28-2)14-8-3-4-9-15(14)30-18/h5-7,10H,3-4,8-9,11H2,1-2H3,(H,21,26). The van der Waals surface area contributed by atoms with E-state index in [1.54, 1.807) is 4.68 Å². The van der Waals surface area contributed by atoms with E-state index in [4.69, 9.17) is 4.74 Å². The molecule has 0 saturated heterocycles. The number of aromatic nitrogens is 4. The molecule has 4 rings (SSSR count). The van der Waals surface area contributed by atoms with Crippen molar-refractivity contribution in [1.82, 2.24) is 20.2 Å². The zero-order valence-corrected chi connectivity index (χ0v) is 18.3. The van der Waals surface area contributed by atoms with Crippen LogP contribution in [0.5, 0.6) is 0 Å². The molecule has 0 unspecified atom stereocenters. The van der Waals surface area contributed by atoms with E-state index < -0.39 is 5.97 Å². The van der Waals surface area contributed by atoms with Crippen LogP contribution in [0.1, 0.15) is 39.2 Å². The third-order valence-electron chi connectivity index (χ3n) is 4.83. The van der Waals surface area contributed by atoms with Crippen LogP contribution in [0.2, 0.25) is 0 Å². The number of carbonyl (C=O) groups is 2. The quantitative estimate of drug-likeness (QED) is 0.460. The average molecular weight is 444 g/mol. The van der Waals surface area contributed by atoms with Gasteiger partial charge in [-0.3, -0.25) is 4.79 Å². The minimum Gasteiger partial charge on any atom is -0.465 e. The van der Waals surface area contributed by atoms with Gasteiger partial charge in [0.1, 0.15) is 5.00 Å². The first-order chi connectivity index (χ1) is 14.6. The summed E-state index contributed by atoms with van der Waals surface area (Å²) < 4.78 is 6.56.